The van der Waals surface area contributed by atoms with E-state index in [2.05, 4.69) is 21.2 Å². The standard InChI is InChI=1S/C19H14BrNO5S/c1-2-25-15-9-11(10-16-17(22)21-19(24)27-16)3-8-14(15)26-18(23)12-4-6-13(20)7-5-12/h3-10H,2H2,1H3,(H,21,22,24)/b16-10+. The number of rotatable bonds is 5. The van der Waals surface area contributed by atoms with Crippen molar-refractivity contribution in [2.45, 2.75) is 6.92 Å². The molecule has 138 valence electrons. The summed E-state index contributed by atoms with van der Waals surface area (Å²) in [6, 6.07) is 11.7. The summed E-state index contributed by atoms with van der Waals surface area (Å²) in [5.41, 5.74) is 1.05. The number of benzene rings is 2. The van der Waals surface area contributed by atoms with Crippen molar-refractivity contribution >= 4 is 50.9 Å². The normalized spacial score (nSPS) is 15.0. The van der Waals surface area contributed by atoms with Gasteiger partial charge in [0.2, 0.25) is 0 Å². The SMILES string of the molecule is CCOc1cc(/C=C2/SC(=O)NC2=O)ccc1OC(=O)c1ccc(Br)cc1. The molecule has 6 nitrogen and oxygen atoms in total. The Balaban J connectivity index is 1.84. The first-order valence-corrected chi connectivity index (χ1v) is 9.56. The summed E-state index contributed by atoms with van der Waals surface area (Å²) in [6.45, 7) is 2.18. The number of halogens is 1. The Hall–Kier alpha value is -2.58. The zero-order valence-corrected chi connectivity index (χ0v) is 16.6. The van der Waals surface area contributed by atoms with Crippen LogP contribution in [0.4, 0.5) is 4.79 Å². The van der Waals surface area contributed by atoms with Gasteiger partial charge in [0.1, 0.15) is 0 Å². The number of thioether (sulfide) groups is 1. The largest absolute Gasteiger partial charge is 0.490 e. The van der Waals surface area contributed by atoms with Gasteiger partial charge >= 0.3 is 5.97 Å². The Bertz CT molecular complexity index is 940. The number of esters is 1. The van der Waals surface area contributed by atoms with Gasteiger partial charge in [0, 0.05) is 4.47 Å². The molecule has 1 aliphatic rings. The zero-order valence-electron chi connectivity index (χ0n) is 14.2. The molecule has 1 saturated heterocycles. The third-order valence-corrected chi connectivity index (χ3v) is 4.83. The Labute approximate surface area is 168 Å². The van der Waals surface area contributed by atoms with Gasteiger partial charge in [-0.15, -0.1) is 0 Å². The van der Waals surface area contributed by atoms with Gasteiger partial charge < -0.3 is 9.47 Å². The molecule has 27 heavy (non-hydrogen) atoms. The summed E-state index contributed by atoms with van der Waals surface area (Å²) < 4.78 is 11.9. The van der Waals surface area contributed by atoms with Gasteiger partial charge in [0.15, 0.2) is 11.5 Å². The molecule has 1 aliphatic heterocycles. The Kier molecular flexibility index (Phi) is 5.98. The molecule has 2 aromatic carbocycles. The highest BCUT2D eigenvalue weighted by Crippen LogP contribution is 2.32. The molecular formula is C19H14BrNO5S. The van der Waals surface area contributed by atoms with E-state index in [0.29, 0.717) is 28.4 Å². The molecule has 0 unspecified atom stereocenters. The molecule has 0 bridgehead atoms. The summed E-state index contributed by atoms with van der Waals surface area (Å²) in [5, 5.41) is 1.79. The Morgan fingerprint density at radius 3 is 2.52 bits per heavy atom. The van der Waals surface area contributed by atoms with Gasteiger partial charge in [0.05, 0.1) is 17.1 Å². The lowest BCUT2D eigenvalue weighted by Gasteiger charge is -2.11. The number of hydrogen-bond acceptors (Lipinski definition) is 6. The molecular weight excluding hydrogens is 434 g/mol. The lowest BCUT2D eigenvalue weighted by molar-refractivity contribution is -0.115. The second-order valence-corrected chi connectivity index (χ2v) is 7.32. The van der Waals surface area contributed by atoms with Crippen LogP contribution in [0.5, 0.6) is 11.5 Å². The van der Waals surface area contributed by atoms with Crippen LogP contribution in [0.2, 0.25) is 0 Å². The molecule has 1 fully saturated rings. The van der Waals surface area contributed by atoms with Crippen molar-refractivity contribution in [1.29, 1.82) is 0 Å². The minimum atomic E-state index is -0.508. The summed E-state index contributed by atoms with van der Waals surface area (Å²) in [4.78, 5) is 35.5. The fourth-order valence-corrected chi connectivity index (χ4v) is 3.23. The molecule has 1 N–H and O–H groups in total. The summed E-state index contributed by atoms with van der Waals surface area (Å²) in [6.07, 6.45) is 1.58. The van der Waals surface area contributed by atoms with Crippen LogP contribution in [-0.2, 0) is 4.79 Å². The second kappa shape index (κ2) is 8.41. The van der Waals surface area contributed by atoms with E-state index in [1.54, 1.807) is 48.5 Å². The van der Waals surface area contributed by atoms with Crippen molar-refractivity contribution in [2.24, 2.45) is 0 Å². The molecule has 0 aromatic heterocycles. The maximum absolute atomic E-state index is 12.3. The first kappa shape index (κ1) is 19.2. The van der Waals surface area contributed by atoms with Crippen LogP contribution in [0, 0.1) is 0 Å². The quantitative estimate of drug-likeness (QED) is 0.415. The fourth-order valence-electron chi connectivity index (χ4n) is 2.28. The third kappa shape index (κ3) is 4.78. The lowest BCUT2D eigenvalue weighted by atomic mass is 10.1. The predicted molar refractivity (Wildman–Crippen MR) is 106 cm³/mol. The van der Waals surface area contributed by atoms with Gasteiger partial charge in [0.25, 0.3) is 11.1 Å². The Morgan fingerprint density at radius 2 is 1.89 bits per heavy atom. The molecule has 0 aliphatic carbocycles. The van der Waals surface area contributed by atoms with Crippen molar-refractivity contribution in [2.75, 3.05) is 6.61 Å². The maximum Gasteiger partial charge on any atom is 0.343 e. The number of nitrogens with one attached hydrogen (secondary N) is 1. The number of carbonyl (C=O) groups is 3. The number of carbonyl (C=O) groups excluding carboxylic acids is 3. The van der Waals surface area contributed by atoms with Crippen LogP contribution in [0.15, 0.2) is 51.8 Å². The molecule has 3 rings (SSSR count). The first-order chi connectivity index (χ1) is 13.0. The summed E-state index contributed by atoms with van der Waals surface area (Å²) in [5.74, 6) is -0.307. The van der Waals surface area contributed by atoms with Crippen molar-refractivity contribution in [3.8, 4) is 11.5 Å². The van der Waals surface area contributed by atoms with Gasteiger partial charge in [-0.3, -0.25) is 14.9 Å². The van der Waals surface area contributed by atoms with E-state index in [4.69, 9.17) is 9.47 Å². The Morgan fingerprint density at radius 1 is 1.15 bits per heavy atom. The maximum atomic E-state index is 12.3. The van der Waals surface area contributed by atoms with E-state index in [0.717, 1.165) is 16.2 Å². The smallest absolute Gasteiger partial charge is 0.343 e. The van der Waals surface area contributed by atoms with E-state index in [1.807, 2.05) is 6.92 Å². The molecule has 0 atom stereocenters. The van der Waals surface area contributed by atoms with Gasteiger partial charge in [-0.1, -0.05) is 22.0 Å². The van der Waals surface area contributed by atoms with Crippen molar-refractivity contribution in [1.82, 2.24) is 5.32 Å². The summed E-state index contributed by atoms with van der Waals surface area (Å²) in [7, 11) is 0. The highest BCUT2D eigenvalue weighted by Gasteiger charge is 2.25. The van der Waals surface area contributed by atoms with E-state index >= 15 is 0 Å². The highest BCUT2D eigenvalue weighted by atomic mass is 79.9. The van der Waals surface area contributed by atoms with Crippen molar-refractivity contribution in [3.05, 3.63) is 63.0 Å². The number of amides is 2. The number of ether oxygens (including phenoxy) is 2. The zero-order chi connectivity index (χ0) is 19.4. The number of hydrogen-bond donors (Lipinski definition) is 1. The minimum Gasteiger partial charge on any atom is -0.490 e. The van der Waals surface area contributed by atoms with Crippen LogP contribution in [0.1, 0.15) is 22.8 Å². The monoisotopic (exact) mass is 447 g/mol. The number of imide groups is 1. The van der Waals surface area contributed by atoms with Crippen LogP contribution in [-0.4, -0.2) is 23.7 Å². The lowest BCUT2D eigenvalue weighted by Crippen LogP contribution is -2.17. The van der Waals surface area contributed by atoms with E-state index in [1.165, 1.54) is 0 Å². The van der Waals surface area contributed by atoms with Gasteiger partial charge in [-0.25, -0.2) is 4.79 Å². The predicted octanol–water partition coefficient (Wildman–Crippen LogP) is 4.39. The van der Waals surface area contributed by atoms with E-state index in [9.17, 15) is 14.4 Å². The molecule has 2 amide bonds. The average molecular weight is 448 g/mol. The molecule has 2 aromatic rings. The van der Waals surface area contributed by atoms with Crippen molar-refractivity contribution in [3.63, 3.8) is 0 Å². The molecule has 1 heterocycles. The summed E-state index contributed by atoms with van der Waals surface area (Å²) >= 11 is 4.15. The highest BCUT2D eigenvalue weighted by molar-refractivity contribution is 9.10. The van der Waals surface area contributed by atoms with Gasteiger partial charge in [-0.05, 0) is 66.7 Å². The van der Waals surface area contributed by atoms with E-state index < -0.39 is 17.1 Å². The van der Waals surface area contributed by atoms with Crippen LogP contribution in [0.3, 0.4) is 0 Å². The molecule has 0 saturated carbocycles. The van der Waals surface area contributed by atoms with Crippen LogP contribution >= 0.6 is 27.7 Å². The average Bonchev–Trinajstić information content (AvgIpc) is 2.95. The fraction of sp³-hybridized carbons (Fsp3) is 0.105. The van der Waals surface area contributed by atoms with E-state index in [-0.39, 0.29) is 5.75 Å². The van der Waals surface area contributed by atoms with Crippen molar-refractivity contribution < 1.29 is 23.9 Å². The first-order valence-electron chi connectivity index (χ1n) is 7.95. The van der Waals surface area contributed by atoms with Gasteiger partial charge in [-0.2, -0.15) is 0 Å². The minimum absolute atomic E-state index is 0.270. The van der Waals surface area contributed by atoms with Crippen LogP contribution < -0.4 is 14.8 Å². The molecule has 0 spiro atoms. The molecule has 8 heteroatoms. The topological polar surface area (TPSA) is 81.7 Å². The second-order valence-electron chi connectivity index (χ2n) is 5.39. The third-order valence-electron chi connectivity index (χ3n) is 3.49. The van der Waals surface area contributed by atoms with Crippen LogP contribution in [0.25, 0.3) is 6.08 Å². The molecule has 0 radical (unpaired) electrons.